The van der Waals surface area contributed by atoms with Crippen LogP contribution >= 0.6 is 11.6 Å². The summed E-state index contributed by atoms with van der Waals surface area (Å²) in [4.78, 5) is 3.08. The number of anilines is 1. The van der Waals surface area contributed by atoms with Crippen LogP contribution in [0.15, 0.2) is 24.4 Å². The smallest absolute Gasteiger partial charge is 0.0659 e. The molecule has 76 valence electrons. The Kier molecular flexibility index (Phi) is 2.79. The molecule has 0 bridgehead atoms. The number of fused-ring (bicyclic) bond motifs is 1. The molecule has 0 aliphatic heterocycles. The Morgan fingerprint density at radius 2 is 2.33 bits per heavy atom. The molecule has 0 unspecified atom stereocenters. The first-order chi connectivity index (χ1) is 7.31. The molecular formula is C11H10ClN3. The van der Waals surface area contributed by atoms with Gasteiger partial charge in [0.15, 0.2) is 0 Å². The zero-order chi connectivity index (χ0) is 10.7. The van der Waals surface area contributed by atoms with Crippen molar-refractivity contribution in [2.75, 3.05) is 11.9 Å². The first kappa shape index (κ1) is 9.88. The van der Waals surface area contributed by atoms with E-state index in [1.54, 1.807) is 6.20 Å². The van der Waals surface area contributed by atoms with E-state index in [0.29, 0.717) is 13.0 Å². The molecule has 0 aliphatic carbocycles. The molecule has 15 heavy (non-hydrogen) atoms. The molecule has 2 aromatic rings. The summed E-state index contributed by atoms with van der Waals surface area (Å²) in [6, 6.07) is 7.99. The second-order valence-corrected chi connectivity index (χ2v) is 3.64. The van der Waals surface area contributed by atoms with Gasteiger partial charge in [-0.05, 0) is 18.2 Å². The van der Waals surface area contributed by atoms with E-state index in [0.717, 1.165) is 21.6 Å². The van der Waals surface area contributed by atoms with Gasteiger partial charge in [0.05, 0.1) is 17.5 Å². The highest BCUT2D eigenvalue weighted by atomic mass is 35.5. The van der Waals surface area contributed by atoms with Gasteiger partial charge in [0.1, 0.15) is 0 Å². The van der Waals surface area contributed by atoms with E-state index in [2.05, 4.69) is 16.4 Å². The summed E-state index contributed by atoms with van der Waals surface area (Å²) in [5.41, 5.74) is 2.00. The third-order valence-electron chi connectivity index (χ3n) is 2.20. The molecule has 1 aromatic heterocycles. The van der Waals surface area contributed by atoms with Crippen LogP contribution in [-0.4, -0.2) is 11.5 Å². The first-order valence-electron chi connectivity index (χ1n) is 4.69. The lowest BCUT2D eigenvalue weighted by Crippen LogP contribution is -1.99. The second-order valence-electron chi connectivity index (χ2n) is 3.23. The third-order valence-corrected chi connectivity index (χ3v) is 2.51. The van der Waals surface area contributed by atoms with Crippen molar-refractivity contribution in [1.82, 2.24) is 4.98 Å². The highest BCUT2D eigenvalue weighted by Gasteiger charge is 2.01. The van der Waals surface area contributed by atoms with E-state index < -0.39 is 0 Å². The van der Waals surface area contributed by atoms with E-state index in [4.69, 9.17) is 16.9 Å². The average molecular weight is 220 g/mol. The van der Waals surface area contributed by atoms with E-state index in [9.17, 15) is 0 Å². The fourth-order valence-corrected chi connectivity index (χ4v) is 1.68. The van der Waals surface area contributed by atoms with Crippen LogP contribution in [0.1, 0.15) is 6.42 Å². The minimum atomic E-state index is 0.503. The van der Waals surface area contributed by atoms with E-state index in [1.807, 2.05) is 18.2 Å². The molecule has 0 saturated heterocycles. The number of nitrogens with zero attached hydrogens (tertiary/aromatic N) is 1. The molecule has 0 saturated carbocycles. The van der Waals surface area contributed by atoms with Crippen molar-refractivity contribution in [3.63, 3.8) is 0 Å². The SMILES string of the molecule is N#CCCNc1ccc2c(Cl)c[nH]c2c1. The average Bonchev–Trinajstić information content (AvgIpc) is 2.61. The number of nitrogens with one attached hydrogen (secondary N) is 2. The molecule has 0 fully saturated rings. The lowest BCUT2D eigenvalue weighted by atomic mass is 10.2. The molecule has 0 radical (unpaired) electrons. The van der Waals surface area contributed by atoms with Crippen LogP contribution in [0.25, 0.3) is 10.9 Å². The van der Waals surface area contributed by atoms with Crippen LogP contribution in [0.2, 0.25) is 5.02 Å². The minimum Gasteiger partial charge on any atom is -0.384 e. The molecule has 0 amide bonds. The summed E-state index contributed by atoms with van der Waals surface area (Å²) in [6.45, 7) is 0.663. The van der Waals surface area contributed by atoms with Gasteiger partial charge in [-0.2, -0.15) is 5.26 Å². The van der Waals surface area contributed by atoms with Crippen LogP contribution in [0.5, 0.6) is 0 Å². The summed E-state index contributed by atoms with van der Waals surface area (Å²) in [7, 11) is 0. The highest BCUT2D eigenvalue weighted by Crippen LogP contribution is 2.25. The van der Waals surface area contributed by atoms with Crippen LogP contribution in [-0.2, 0) is 0 Å². The van der Waals surface area contributed by atoms with Gasteiger partial charge in [0, 0.05) is 29.3 Å². The maximum absolute atomic E-state index is 8.41. The van der Waals surface area contributed by atoms with Gasteiger partial charge in [0.2, 0.25) is 0 Å². The molecule has 2 N–H and O–H groups in total. The lowest BCUT2D eigenvalue weighted by molar-refractivity contribution is 1.08. The number of nitriles is 1. The van der Waals surface area contributed by atoms with Crippen LogP contribution in [0, 0.1) is 11.3 Å². The monoisotopic (exact) mass is 219 g/mol. The number of rotatable bonds is 3. The zero-order valence-electron chi connectivity index (χ0n) is 8.05. The lowest BCUT2D eigenvalue weighted by Gasteiger charge is -2.03. The van der Waals surface area contributed by atoms with Crippen molar-refractivity contribution in [2.45, 2.75) is 6.42 Å². The molecule has 0 spiro atoms. The number of benzene rings is 1. The molecule has 4 heteroatoms. The van der Waals surface area contributed by atoms with Crippen molar-refractivity contribution in [1.29, 1.82) is 5.26 Å². The van der Waals surface area contributed by atoms with Crippen LogP contribution < -0.4 is 5.32 Å². The van der Waals surface area contributed by atoms with Gasteiger partial charge >= 0.3 is 0 Å². The van der Waals surface area contributed by atoms with Crippen LogP contribution in [0.3, 0.4) is 0 Å². The zero-order valence-corrected chi connectivity index (χ0v) is 8.80. The van der Waals surface area contributed by atoms with E-state index in [-0.39, 0.29) is 0 Å². The van der Waals surface area contributed by atoms with Crippen molar-refractivity contribution in [3.8, 4) is 6.07 Å². The first-order valence-corrected chi connectivity index (χ1v) is 5.06. The Morgan fingerprint density at radius 3 is 3.13 bits per heavy atom. The number of hydrogen-bond donors (Lipinski definition) is 2. The fraction of sp³-hybridized carbons (Fsp3) is 0.182. The Morgan fingerprint density at radius 1 is 1.47 bits per heavy atom. The van der Waals surface area contributed by atoms with Gasteiger partial charge in [-0.15, -0.1) is 0 Å². The Bertz CT molecular complexity index is 510. The minimum absolute atomic E-state index is 0.503. The maximum Gasteiger partial charge on any atom is 0.0659 e. The number of hydrogen-bond acceptors (Lipinski definition) is 2. The predicted molar refractivity (Wildman–Crippen MR) is 62.0 cm³/mol. The Hall–Kier alpha value is -1.66. The fourth-order valence-electron chi connectivity index (χ4n) is 1.46. The molecule has 1 heterocycles. The van der Waals surface area contributed by atoms with Gasteiger partial charge < -0.3 is 10.3 Å². The van der Waals surface area contributed by atoms with Crippen molar-refractivity contribution in [2.24, 2.45) is 0 Å². The van der Waals surface area contributed by atoms with E-state index in [1.165, 1.54) is 0 Å². The highest BCUT2D eigenvalue weighted by molar-refractivity contribution is 6.35. The summed E-state index contributed by atoms with van der Waals surface area (Å²) in [5, 5.41) is 13.3. The predicted octanol–water partition coefficient (Wildman–Crippen LogP) is 3.15. The summed E-state index contributed by atoms with van der Waals surface area (Å²) in [5.74, 6) is 0. The topological polar surface area (TPSA) is 51.6 Å². The van der Waals surface area contributed by atoms with Crippen molar-refractivity contribution >= 4 is 28.2 Å². The molecule has 0 atom stereocenters. The maximum atomic E-state index is 8.41. The third kappa shape index (κ3) is 2.05. The summed E-state index contributed by atoms with van der Waals surface area (Å²) >= 11 is 5.96. The van der Waals surface area contributed by atoms with Crippen LogP contribution in [0.4, 0.5) is 5.69 Å². The normalized spacial score (nSPS) is 10.1. The molecule has 3 nitrogen and oxygen atoms in total. The summed E-state index contributed by atoms with van der Waals surface area (Å²) in [6.07, 6.45) is 2.27. The Labute approximate surface area is 92.7 Å². The number of aromatic amines is 1. The number of halogens is 1. The van der Waals surface area contributed by atoms with Gasteiger partial charge in [-0.3, -0.25) is 0 Å². The summed E-state index contributed by atoms with van der Waals surface area (Å²) < 4.78 is 0. The molecule has 1 aromatic carbocycles. The number of aromatic nitrogens is 1. The van der Waals surface area contributed by atoms with Gasteiger partial charge in [-0.25, -0.2) is 0 Å². The molecular weight excluding hydrogens is 210 g/mol. The second kappa shape index (κ2) is 4.24. The number of H-pyrrole nitrogens is 1. The quantitative estimate of drug-likeness (QED) is 0.780. The molecule has 0 aliphatic rings. The standard InChI is InChI=1S/C11H10ClN3/c12-10-7-15-11-6-8(2-3-9(10)11)14-5-1-4-13/h2-3,6-7,14-15H,1,5H2. The molecule has 2 rings (SSSR count). The van der Waals surface area contributed by atoms with Crippen molar-refractivity contribution in [3.05, 3.63) is 29.4 Å². The van der Waals surface area contributed by atoms with E-state index >= 15 is 0 Å². The Balaban J connectivity index is 2.20. The largest absolute Gasteiger partial charge is 0.384 e. The van der Waals surface area contributed by atoms with Gasteiger partial charge in [0.25, 0.3) is 0 Å². The van der Waals surface area contributed by atoms with Gasteiger partial charge in [-0.1, -0.05) is 11.6 Å². The van der Waals surface area contributed by atoms with Crippen molar-refractivity contribution < 1.29 is 0 Å².